The van der Waals surface area contributed by atoms with Gasteiger partial charge in [0.15, 0.2) is 5.78 Å². The van der Waals surface area contributed by atoms with Crippen LogP contribution in [0.3, 0.4) is 0 Å². The lowest BCUT2D eigenvalue weighted by Crippen LogP contribution is -2.27. The number of hydrogen-bond acceptors (Lipinski definition) is 6. The quantitative estimate of drug-likeness (QED) is 0.205. The highest BCUT2D eigenvalue weighted by Gasteiger charge is 2.24. The lowest BCUT2D eigenvalue weighted by atomic mass is 10.0. The topological polar surface area (TPSA) is 107 Å². The highest BCUT2D eigenvalue weighted by atomic mass is 16.6. The average Bonchev–Trinajstić information content (AvgIpc) is 2.48. The Morgan fingerprint density at radius 3 is 2.29 bits per heavy atom. The third-order valence-electron chi connectivity index (χ3n) is 2.90. The van der Waals surface area contributed by atoms with Crippen LogP contribution in [0.2, 0.25) is 0 Å². The van der Waals surface area contributed by atoms with E-state index >= 15 is 0 Å². The molecule has 0 amide bonds. The molecule has 0 aromatic heterocycles. The van der Waals surface area contributed by atoms with Crippen LogP contribution in [0.1, 0.15) is 39.2 Å². The number of hydrogen-bond donors (Lipinski definition) is 1. The van der Waals surface area contributed by atoms with Gasteiger partial charge in [-0.05, 0) is 51.0 Å². The molecule has 7 heteroatoms. The van der Waals surface area contributed by atoms with E-state index in [2.05, 4.69) is 0 Å². The molecule has 1 aromatic rings. The zero-order chi connectivity index (χ0) is 18.3. The van der Waals surface area contributed by atoms with Crippen LogP contribution in [-0.4, -0.2) is 34.0 Å². The van der Waals surface area contributed by atoms with Gasteiger partial charge in [-0.2, -0.15) is 0 Å². The number of ketones is 1. The molecule has 1 rings (SSSR count). The Hall–Kier alpha value is -2.54. The van der Waals surface area contributed by atoms with Crippen molar-refractivity contribution in [3.8, 4) is 0 Å². The number of aliphatic hydroxyl groups is 1. The molecule has 0 fully saturated rings. The van der Waals surface area contributed by atoms with E-state index < -0.39 is 22.3 Å². The van der Waals surface area contributed by atoms with E-state index in [-0.39, 0.29) is 30.7 Å². The number of ether oxygens (including phenoxy) is 1. The van der Waals surface area contributed by atoms with Gasteiger partial charge in [-0.3, -0.25) is 14.9 Å². The number of Topliss-reactive ketones (excluding diaryl/α,β-unsaturated/α-hetero) is 1. The van der Waals surface area contributed by atoms with Crippen LogP contribution in [0.5, 0.6) is 0 Å². The molecule has 0 spiro atoms. The van der Waals surface area contributed by atoms with Crippen LogP contribution < -0.4 is 0 Å². The number of non-ortho nitro benzene ring substituents is 1. The Balaban J connectivity index is 3.13. The third-order valence-corrected chi connectivity index (χ3v) is 2.90. The molecule has 0 aliphatic heterocycles. The summed E-state index contributed by atoms with van der Waals surface area (Å²) < 4.78 is 5.24. The lowest BCUT2D eigenvalue weighted by Gasteiger charge is -2.20. The zero-order valence-corrected chi connectivity index (χ0v) is 13.9. The number of carbonyl (C=O) groups is 2. The highest BCUT2D eigenvalue weighted by Crippen LogP contribution is 2.18. The molecule has 0 bridgehead atoms. The van der Waals surface area contributed by atoms with E-state index in [0.717, 1.165) is 0 Å². The molecule has 130 valence electrons. The summed E-state index contributed by atoms with van der Waals surface area (Å²) in [4.78, 5) is 34.6. The molecule has 0 atom stereocenters. The molecule has 0 heterocycles. The van der Waals surface area contributed by atoms with Crippen LogP contribution in [0.4, 0.5) is 5.69 Å². The average molecular weight is 335 g/mol. The molecule has 24 heavy (non-hydrogen) atoms. The second-order valence-electron chi connectivity index (χ2n) is 6.16. The first-order valence-electron chi connectivity index (χ1n) is 7.47. The predicted molar refractivity (Wildman–Crippen MR) is 88.2 cm³/mol. The number of nitro groups is 1. The van der Waals surface area contributed by atoms with Crippen molar-refractivity contribution in [3.63, 3.8) is 0 Å². The number of nitro benzene ring substituents is 1. The molecule has 0 saturated heterocycles. The van der Waals surface area contributed by atoms with E-state index in [1.807, 2.05) is 0 Å². The Morgan fingerprint density at radius 1 is 1.25 bits per heavy atom. The molecule has 0 unspecified atom stereocenters. The molecule has 1 N–H and O–H groups in total. The summed E-state index contributed by atoms with van der Waals surface area (Å²) >= 11 is 0. The van der Waals surface area contributed by atoms with Crippen LogP contribution in [0, 0.1) is 10.1 Å². The first-order valence-corrected chi connectivity index (χ1v) is 7.47. The maximum absolute atomic E-state index is 12.3. The number of carbonyl (C=O) groups excluding carboxylic acids is 2. The van der Waals surface area contributed by atoms with Crippen molar-refractivity contribution in [3.05, 3.63) is 45.5 Å². The summed E-state index contributed by atoms with van der Waals surface area (Å²) in [7, 11) is 0. The predicted octanol–water partition coefficient (Wildman–Crippen LogP) is 2.66. The molecule has 1 aromatic carbocycles. The summed E-state index contributed by atoms with van der Waals surface area (Å²) in [5.74, 6) is -1.21. The Bertz CT molecular complexity index is 640. The van der Waals surface area contributed by atoms with Gasteiger partial charge in [0, 0.05) is 25.2 Å². The monoisotopic (exact) mass is 335 g/mol. The van der Waals surface area contributed by atoms with Crippen molar-refractivity contribution in [1.29, 1.82) is 0 Å². The third kappa shape index (κ3) is 6.29. The number of aliphatic hydroxyl groups excluding tert-OH is 1. The fourth-order valence-electron chi connectivity index (χ4n) is 1.82. The molecule has 0 aliphatic carbocycles. The summed E-state index contributed by atoms with van der Waals surface area (Å²) in [6.07, 6.45) is 1.59. The van der Waals surface area contributed by atoms with Gasteiger partial charge in [0.1, 0.15) is 11.2 Å². The molecular weight excluding hydrogens is 314 g/mol. The van der Waals surface area contributed by atoms with Crippen molar-refractivity contribution in [2.24, 2.45) is 0 Å². The van der Waals surface area contributed by atoms with Crippen LogP contribution in [-0.2, 0) is 14.3 Å². The van der Waals surface area contributed by atoms with E-state index in [9.17, 15) is 19.7 Å². The smallest absolute Gasteiger partial charge is 0.342 e. The normalized spacial score (nSPS) is 11.9. The Labute approximate surface area is 140 Å². The van der Waals surface area contributed by atoms with Crippen molar-refractivity contribution in [2.75, 3.05) is 6.61 Å². The van der Waals surface area contributed by atoms with E-state index in [1.54, 1.807) is 20.8 Å². The summed E-state index contributed by atoms with van der Waals surface area (Å²) in [6.45, 7) is 4.90. The van der Waals surface area contributed by atoms with Gasteiger partial charge in [0.05, 0.1) is 4.92 Å². The summed E-state index contributed by atoms with van der Waals surface area (Å²) in [5, 5.41) is 19.5. The molecule has 0 saturated carbocycles. The second-order valence-corrected chi connectivity index (χ2v) is 6.16. The zero-order valence-electron chi connectivity index (χ0n) is 13.9. The van der Waals surface area contributed by atoms with E-state index in [4.69, 9.17) is 9.84 Å². The maximum atomic E-state index is 12.3. The minimum absolute atomic E-state index is 0.00849. The van der Waals surface area contributed by atoms with Gasteiger partial charge < -0.3 is 9.84 Å². The Kier molecular flexibility index (Phi) is 6.79. The second kappa shape index (κ2) is 8.35. The van der Waals surface area contributed by atoms with Crippen LogP contribution in [0.25, 0.3) is 6.08 Å². The fourth-order valence-corrected chi connectivity index (χ4v) is 1.82. The van der Waals surface area contributed by atoms with Crippen molar-refractivity contribution >= 4 is 23.5 Å². The minimum Gasteiger partial charge on any atom is -0.456 e. The lowest BCUT2D eigenvalue weighted by molar-refractivity contribution is -0.384. The number of benzene rings is 1. The van der Waals surface area contributed by atoms with Gasteiger partial charge in [-0.25, -0.2) is 4.79 Å². The van der Waals surface area contributed by atoms with Gasteiger partial charge >= 0.3 is 5.97 Å². The van der Waals surface area contributed by atoms with Gasteiger partial charge in [-0.1, -0.05) is 0 Å². The van der Waals surface area contributed by atoms with Crippen molar-refractivity contribution in [1.82, 2.24) is 0 Å². The maximum Gasteiger partial charge on any atom is 0.342 e. The Morgan fingerprint density at radius 2 is 1.83 bits per heavy atom. The summed E-state index contributed by atoms with van der Waals surface area (Å²) in [6, 6.07) is 5.47. The van der Waals surface area contributed by atoms with Gasteiger partial charge in [0.25, 0.3) is 5.69 Å². The molecule has 7 nitrogen and oxygen atoms in total. The largest absolute Gasteiger partial charge is 0.456 e. The van der Waals surface area contributed by atoms with E-state index in [0.29, 0.717) is 5.56 Å². The standard InChI is InChI=1S/C17H21NO6/c1-17(2,3)24-16(21)14(15(20)5-4-10-19)11-12-6-8-13(9-7-12)18(22)23/h6-9,11,19H,4-5,10H2,1-3H3/b14-11-. The SMILES string of the molecule is CC(C)(C)OC(=O)/C(=C\c1ccc([N+](=O)[O-])cc1)C(=O)CCCO. The van der Waals surface area contributed by atoms with Crippen molar-refractivity contribution < 1.29 is 24.4 Å². The van der Waals surface area contributed by atoms with Crippen LogP contribution in [0.15, 0.2) is 29.8 Å². The highest BCUT2D eigenvalue weighted by molar-refractivity contribution is 6.20. The number of esters is 1. The van der Waals surface area contributed by atoms with E-state index in [1.165, 1.54) is 30.3 Å². The molecule has 0 radical (unpaired) electrons. The fraction of sp³-hybridized carbons (Fsp3) is 0.412. The van der Waals surface area contributed by atoms with Crippen LogP contribution >= 0.6 is 0 Å². The first kappa shape index (κ1) is 19.5. The van der Waals surface area contributed by atoms with Gasteiger partial charge in [-0.15, -0.1) is 0 Å². The minimum atomic E-state index is -0.761. The number of rotatable bonds is 7. The molecule has 0 aliphatic rings. The first-order chi connectivity index (χ1) is 11.1. The van der Waals surface area contributed by atoms with Gasteiger partial charge in [0.2, 0.25) is 0 Å². The summed E-state index contributed by atoms with van der Waals surface area (Å²) in [5.41, 5.74) is -0.522. The molecular formula is C17H21NO6. The van der Waals surface area contributed by atoms with Crippen molar-refractivity contribution in [2.45, 2.75) is 39.2 Å². The number of nitrogens with zero attached hydrogens (tertiary/aromatic N) is 1.